The van der Waals surface area contributed by atoms with Gasteiger partial charge in [0, 0.05) is 26.2 Å². The molecule has 0 aromatic heterocycles. The first-order valence-corrected chi connectivity index (χ1v) is 8.26. The van der Waals surface area contributed by atoms with E-state index in [1.54, 1.807) is 27.0 Å². The third kappa shape index (κ3) is 4.23. The molecule has 0 saturated heterocycles. The topological polar surface area (TPSA) is 58.6 Å². The van der Waals surface area contributed by atoms with Gasteiger partial charge in [0.25, 0.3) is 0 Å². The van der Waals surface area contributed by atoms with Crippen LogP contribution < -0.4 is 5.32 Å². The molecule has 21 heavy (non-hydrogen) atoms. The lowest BCUT2D eigenvalue weighted by Gasteiger charge is -2.27. The number of sulfonamides is 1. The molecule has 1 aromatic carbocycles. The molecule has 0 bridgehead atoms. The Morgan fingerprint density at radius 2 is 2.10 bits per heavy atom. The number of ether oxygens (including phenoxy) is 1. The van der Waals surface area contributed by atoms with Crippen LogP contribution in [0.15, 0.2) is 23.1 Å². The van der Waals surface area contributed by atoms with Crippen molar-refractivity contribution in [2.45, 2.75) is 31.3 Å². The highest BCUT2D eigenvalue weighted by atomic mass is 32.2. The van der Waals surface area contributed by atoms with E-state index in [1.165, 1.54) is 23.5 Å². The van der Waals surface area contributed by atoms with Gasteiger partial charge < -0.3 is 10.1 Å². The molecular weight excluding hydrogens is 295 g/mol. The zero-order valence-electron chi connectivity index (χ0n) is 12.9. The van der Waals surface area contributed by atoms with Crippen molar-refractivity contribution in [3.63, 3.8) is 0 Å². The first-order chi connectivity index (χ1) is 9.88. The van der Waals surface area contributed by atoms with E-state index in [4.69, 9.17) is 4.74 Å². The number of nitrogens with one attached hydrogen (secondary N) is 1. The van der Waals surface area contributed by atoms with Gasteiger partial charge in [0.05, 0.1) is 6.61 Å². The fraction of sp³-hybridized carbons (Fsp3) is 0.571. The van der Waals surface area contributed by atoms with Crippen molar-refractivity contribution in [3.05, 3.63) is 29.6 Å². The Bertz CT molecular complexity index is 563. The maximum absolute atomic E-state index is 14.0. The average molecular weight is 318 g/mol. The number of likely N-dealkylation sites (N-methyl/N-ethyl adjacent to an activating group) is 1. The van der Waals surface area contributed by atoms with Crippen LogP contribution in [-0.2, 0) is 21.3 Å². The van der Waals surface area contributed by atoms with Gasteiger partial charge in [0.15, 0.2) is 0 Å². The molecule has 0 fully saturated rings. The minimum Gasteiger partial charge on any atom is -0.383 e. The molecule has 0 aliphatic rings. The van der Waals surface area contributed by atoms with Crippen LogP contribution in [0, 0.1) is 5.82 Å². The number of nitrogens with zero attached hydrogens (tertiary/aromatic N) is 1. The lowest BCUT2D eigenvalue weighted by molar-refractivity contribution is 0.142. The summed E-state index contributed by atoms with van der Waals surface area (Å²) in [5, 5.41) is 2.92. The molecule has 120 valence electrons. The molecule has 7 heteroatoms. The Kier molecular flexibility index (Phi) is 6.73. The van der Waals surface area contributed by atoms with Crippen molar-refractivity contribution in [2.75, 3.05) is 27.3 Å². The van der Waals surface area contributed by atoms with Crippen LogP contribution in [0.3, 0.4) is 0 Å². The molecule has 1 unspecified atom stereocenters. The monoisotopic (exact) mass is 318 g/mol. The highest BCUT2D eigenvalue weighted by Gasteiger charge is 2.30. The minimum absolute atomic E-state index is 0.253. The fourth-order valence-corrected chi connectivity index (χ4v) is 3.97. The molecule has 0 aliphatic heterocycles. The number of methoxy groups -OCH3 is 1. The lowest BCUT2D eigenvalue weighted by atomic mass is 10.2. The largest absolute Gasteiger partial charge is 0.383 e. The minimum atomic E-state index is -3.89. The van der Waals surface area contributed by atoms with Crippen LogP contribution in [0.2, 0.25) is 0 Å². The maximum Gasteiger partial charge on any atom is 0.246 e. The van der Waals surface area contributed by atoms with Gasteiger partial charge in [-0.15, -0.1) is 0 Å². The third-order valence-corrected chi connectivity index (χ3v) is 5.28. The molecule has 1 N–H and O–H groups in total. The first-order valence-electron chi connectivity index (χ1n) is 6.82. The highest BCUT2D eigenvalue weighted by molar-refractivity contribution is 7.89. The van der Waals surface area contributed by atoms with E-state index in [1.807, 2.05) is 0 Å². The summed E-state index contributed by atoms with van der Waals surface area (Å²) < 4.78 is 45.6. The second kappa shape index (κ2) is 7.84. The Labute approximate surface area is 126 Å². The molecule has 1 atom stereocenters. The summed E-state index contributed by atoms with van der Waals surface area (Å²) in [7, 11) is -0.642. The van der Waals surface area contributed by atoms with E-state index in [0.29, 0.717) is 12.1 Å². The maximum atomic E-state index is 14.0. The molecule has 1 rings (SSSR count). The molecule has 0 spiro atoms. The van der Waals surface area contributed by atoms with Gasteiger partial charge in [-0.3, -0.25) is 0 Å². The Balaban J connectivity index is 3.24. The Hall–Kier alpha value is -1.02. The van der Waals surface area contributed by atoms with Gasteiger partial charge in [-0.1, -0.05) is 13.0 Å². The van der Waals surface area contributed by atoms with Gasteiger partial charge in [0.2, 0.25) is 10.0 Å². The molecule has 1 aromatic rings. The van der Waals surface area contributed by atoms with E-state index < -0.39 is 15.8 Å². The predicted octanol–water partition coefficient (Wildman–Crippen LogP) is 1.59. The van der Waals surface area contributed by atoms with E-state index in [0.717, 1.165) is 0 Å². The molecule has 0 amide bonds. The summed E-state index contributed by atoms with van der Waals surface area (Å²) in [6.07, 6.45) is 0. The van der Waals surface area contributed by atoms with Crippen LogP contribution in [0.25, 0.3) is 0 Å². The van der Waals surface area contributed by atoms with Crippen molar-refractivity contribution in [1.29, 1.82) is 0 Å². The van der Waals surface area contributed by atoms with Gasteiger partial charge >= 0.3 is 0 Å². The molecular formula is C14H23FN2O3S. The van der Waals surface area contributed by atoms with Crippen molar-refractivity contribution < 1.29 is 17.5 Å². The molecule has 0 radical (unpaired) electrons. The predicted molar refractivity (Wildman–Crippen MR) is 80.1 cm³/mol. The average Bonchev–Trinajstić information content (AvgIpc) is 2.41. The SMILES string of the molecule is CCN(C(C)COC)S(=O)(=O)c1cc(CNC)ccc1F. The van der Waals surface area contributed by atoms with E-state index in [9.17, 15) is 12.8 Å². The number of hydrogen-bond donors (Lipinski definition) is 1. The van der Waals surface area contributed by atoms with Gasteiger partial charge in [0.1, 0.15) is 10.7 Å². The van der Waals surface area contributed by atoms with Crippen molar-refractivity contribution in [1.82, 2.24) is 9.62 Å². The molecule has 0 saturated carbocycles. The van der Waals surface area contributed by atoms with Crippen LogP contribution in [0.5, 0.6) is 0 Å². The summed E-state index contributed by atoms with van der Waals surface area (Å²) in [6.45, 7) is 4.44. The lowest BCUT2D eigenvalue weighted by Crippen LogP contribution is -2.41. The van der Waals surface area contributed by atoms with Crippen molar-refractivity contribution in [2.24, 2.45) is 0 Å². The van der Waals surface area contributed by atoms with Crippen LogP contribution in [0.1, 0.15) is 19.4 Å². The molecule has 0 aliphatic carbocycles. The van der Waals surface area contributed by atoms with Crippen molar-refractivity contribution >= 4 is 10.0 Å². The van der Waals surface area contributed by atoms with Crippen LogP contribution >= 0.6 is 0 Å². The normalized spacial score (nSPS) is 13.6. The smallest absolute Gasteiger partial charge is 0.246 e. The standard InChI is InChI=1S/C14H23FN2O3S/c1-5-17(11(2)10-20-4)21(18,19)14-8-12(9-16-3)6-7-13(14)15/h6-8,11,16H,5,9-10H2,1-4H3. The quantitative estimate of drug-likeness (QED) is 0.791. The highest BCUT2D eigenvalue weighted by Crippen LogP contribution is 2.22. The number of benzene rings is 1. The van der Waals surface area contributed by atoms with Gasteiger partial charge in [-0.2, -0.15) is 4.31 Å². The van der Waals surface area contributed by atoms with E-state index in [-0.39, 0.29) is 24.1 Å². The van der Waals surface area contributed by atoms with Crippen LogP contribution in [-0.4, -0.2) is 46.1 Å². The first kappa shape index (κ1) is 18.0. The number of rotatable bonds is 8. The Morgan fingerprint density at radius 1 is 1.43 bits per heavy atom. The summed E-state index contributed by atoms with van der Waals surface area (Å²) >= 11 is 0. The second-order valence-electron chi connectivity index (χ2n) is 4.81. The summed E-state index contributed by atoms with van der Waals surface area (Å²) in [4.78, 5) is -0.292. The molecule has 0 heterocycles. The van der Waals surface area contributed by atoms with Crippen molar-refractivity contribution in [3.8, 4) is 0 Å². The third-order valence-electron chi connectivity index (χ3n) is 3.17. The number of halogens is 1. The number of hydrogen-bond acceptors (Lipinski definition) is 4. The van der Waals surface area contributed by atoms with E-state index in [2.05, 4.69) is 5.32 Å². The van der Waals surface area contributed by atoms with E-state index >= 15 is 0 Å². The molecule has 5 nitrogen and oxygen atoms in total. The second-order valence-corrected chi connectivity index (χ2v) is 6.67. The zero-order valence-corrected chi connectivity index (χ0v) is 13.7. The van der Waals surface area contributed by atoms with Crippen LogP contribution in [0.4, 0.5) is 4.39 Å². The fourth-order valence-electron chi connectivity index (χ4n) is 2.23. The summed E-state index contributed by atoms with van der Waals surface area (Å²) in [5.41, 5.74) is 0.716. The van der Waals surface area contributed by atoms with Gasteiger partial charge in [-0.25, -0.2) is 12.8 Å². The summed E-state index contributed by atoms with van der Waals surface area (Å²) in [5.74, 6) is -0.738. The van der Waals surface area contributed by atoms with Gasteiger partial charge in [-0.05, 0) is 31.7 Å². The Morgan fingerprint density at radius 3 is 2.62 bits per heavy atom. The summed E-state index contributed by atoms with van der Waals surface area (Å²) in [6, 6.07) is 3.77. The zero-order chi connectivity index (χ0) is 16.0.